The average molecular weight is 442 g/mol. The molecule has 0 fully saturated rings. The third-order valence-corrected chi connectivity index (χ3v) is 6.01. The van der Waals surface area contributed by atoms with Gasteiger partial charge in [0.1, 0.15) is 0 Å². The number of carbonyl (C=O) groups is 1. The van der Waals surface area contributed by atoms with Crippen molar-refractivity contribution in [2.75, 3.05) is 0 Å². The highest BCUT2D eigenvalue weighted by Gasteiger charge is 2.24. The van der Waals surface area contributed by atoms with Gasteiger partial charge in [-0.25, -0.2) is 8.42 Å². The Balaban J connectivity index is 3.02. The molecule has 1 unspecified atom stereocenters. The predicted octanol–water partition coefficient (Wildman–Crippen LogP) is 2.71. The van der Waals surface area contributed by atoms with E-state index < -0.39 is 16.1 Å². The van der Waals surface area contributed by atoms with E-state index in [1.54, 1.807) is 6.07 Å². The molecule has 5 nitrogen and oxygen atoms in total. The van der Waals surface area contributed by atoms with E-state index in [4.69, 9.17) is 0 Å². The second-order valence-corrected chi connectivity index (χ2v) is 8.43. The molecule has 0 saturated carbocycles. The molecule has 0 aliphatic carbocycles. The molecule has 118 valence electrons. The van der Waals surface area contributed by atoms with Gasteiger partial charge < -0.3 is 5.32 Å². The lowest BCUT2D eigenvalue weighted by atomic mass is 10.2. The summed E-state index contributed by atoms with van der Waals surface area (Å²) < 4.78 is 28.3. The Hall–Kier alpha value is -0.440. The molecule has 0 spiro atoms. The lowest BCUT2D eigenvalue weighted by Crippen LogP contribution is -2.46. The number of halogens is 2. The molecule has 21 heavy (non-hydrogen) atoms. The number of benzene rings is 1. The molecule has 1 atom stereocenters. The van der Waals surface area contributed by atoms with E-state index in [0.29, 0.717) is 8.95 Å². The monoisotopic (exact) mass is 440 g/mol. The summed E-state index contributed by atoms with van der Waals surface area (Å²) in [5, 5.41) is 2.66. The largest absolute Gasteiger partial charge is 0.353 e. The molecule has 1 amide bonds. The van der Waals surface area contributed by atoms with Crippen LogP contribution in [-0.4, -0.2) is 26.4 Å². The van der Waals surface area contributed by atoms with Crippen molar-refractivity contribution in [3.63, 3.8) is 0 Å². The van der Waals surface area contributed by atoms with Crippen LogP contribution in [-0.2, 0) is 14.8 Å². The molecule has 0 aliphatic rings. The van der Waals surface area contributed by atoms with Gasteiger partial charge in [-0.1, -0.05) is 15.9 Å². The third kappa shape index (κ3) is 5.05. The van der Waals surface area contributed by atoms with Crippen molar-refractivity contribution in [2.24, 2.45) is 0 Å². The first-order valence-electron chi connectivity index (χ1n) is 6.33. The van der Waals surface area contributed by atoms with Gasteiger partial charge in [0.15, 0.2) is 0 Å². The zero-order valence-electron chi connectivity index (χ0n) is 12.2. The summed E-state index contributed by atoms with van der Waals surface area (Å²) in [5.41, 5.74) is 0.909. The number of sulfonamides is 1. The maximum absolute atomic E-state index is 12.4. The summed E-state index contributed by atoms with van der Waals surface area (Å²) in [6.45, 7) is 6.99. The van der Waals surface area contributed by atoms with Crippen LogP contribution in [0.4, 0.5) is 0 Å². The Morgan fingerprint density at radius 2 is 1.71 bits per heavy atom. The second-order valence-electron chi connectivity index (χ2n) is 5.04. The molecule has 0 saturated heterocycles. The lowest BCUT2D eigenvalue weighted by molar-refractivity contribution is -0.122. The van der Waals surface area contributed by atoms with Gasteiger partial charge in [-0.15, -0.1) is 0 Å². The van der Waals surface area contributed by atoms with E-state index in [-0.39, 0.29) is 16.8 Å². The van der Waals surface area contributed by atoms with Gasteiger partial charge in [-0.3, -0.25) is 4.79 Å². The van der Waals surface area contributed by atoms with Crippen LogP contribution in [0.1, 0.15) is 26.3 Å². The Morgan fingerprint density at radius 3 is 2.24 bits per heavy atom. The van der Waals surface area contributed by atoms with Gasteiger partial charge in [-0.2, -0.15) is 4.72 Å². The van der Waals surface area contributed by atoms with Crippen molar-refractivity contribution in [3.05, 3.63) is 26.6 Å². The van der Waals surface area contributed by atoms with Crippen LogP contribution in [0.5, 0.6) is 0 Å². The summed E-state index contributed by atoms with van der Waals surface area (Å²) >= 11 is 6.55. The van der Waals surface area contributed by atoms with Gasteiger partial charge in [0.2, 0.25) is 15.9 Å². The highest BCUT2D eigenvalue weighted by atomic mass is 79.9. The van der Waals surface area contributed by atoms with Crippen molar-refractivity contribution in [2.45, 2.75) is 44.7 Å². The average Bonchev–Trinajstić information content (AvgIpc) is 2.32. The number of carbonyl (C=O) groups excluding carboxylic acids is 1. The first-order valence-corrected chi connectivity index (χ1v) is 9.40. The van der Waals surface area contributed by atoms with E-state index in [0.717, 1.165) is 5.56 Å². The smallest absolute Gasteiger partial charge is 0.242 e. The van der Waals surface area contributed by atoms with Crippen molar-refractivity contribution in [1.29, 1.82) is 0 Å². The fourth-order valence-corrected chi connectivity index (χ4v) is 4.47. The van der Waals surface area contributed by atoms with Crippen molar-refractivity contribution >= 4 is 47.8 Å². The fraction of sp³-hybridized carbons (Fsp3) is 0.462. The van der Waals surface area contributed by atoms with Crippen molar-refractivity contribution in [3.8, 4) is 0 Å². The van der Waals surface area contributed by atoms with Crippen molar-refractivity contribution in [1.82, 2.24) is 10.0 Å². The van der Waals surface area contributed by atoms with Crippen LogP contribution in [0.3, 0.4) is 0 Å². The summed E-state index contributed by atoms with van der Waals surface area (Å²) in [6, 6.07) is 2.31. The normalized spacial score (nSPS) is 13.3. The maximum atomic E-state index is 12.4. The summed E-state index contributed by atoms with van der Waals surface area (Å²) in [4.78, 5) is 11.9. The van der Waals surface area contributed by atoms with Gasteiger partial charge in [0.05, 0.1) is 10.9 Å². The van der Waals surface area contributed by atoms with E-state index in [1.165, 1.54) is 13.0 Å². The first-order chi connectivity index (χ1) is 9.54. The van der Waals surface area contributed by atoms with E-state index in [2.05, 4.69) is 41.9 Å². The minimum absolute atomic E-state index is 0.0512. The summed E-state index contributed by atoms with van der Waals surface area (Å²) in [5.74, 6) is -0.365. The highest BCUT2D eigenvalue weighted by Crippen LogP contribution is 2.28. The van der Waals surface area contributed by atoms with Crippen LogP contribution in [0, 0.1) is 6.92 Å². The highest BCUT2D eigenvalue weighted by molar-refractivity contribution is 9.11. The number of nitrogens with one attached hydrogen (secondary N) is 2. The zero-order valence-corrected chi connectivity index (χ0v) is 16.2. The Labute approximate surface area is 142 Å². The standard InChI is InChI=1S/C13H18Br2N2O3S/c1-7(2)16-13(18)9(4)17-21(19,20)12-6-10(14)8(3)5-11(12)15/h5-7,9,17H,1-4H3,(H,16,18). The molecular formula is C13H18Br2N2O3S. The zero-order chi connectivity index (χ0) is 16.4. The molecule has 0 heterocycles. The van der Waals surface area contributed by atoms with Crippen LogP contribution in [0.15, 0.2) is 26.0 Å². The van der Waals surface area contributed by atoms with Crippen LogP contribution in [0.2, 0.25) is 0 Å². The molecule has 0 aliphatic heterocycles. The van der Waals surface area contributed by atoms with Crippen LogP contribution >= 0.6 is 31.9 Å². The van der Waals surface area contributed by atoms with Gasteiger partial charge >= 0.3 is 0 Å². The van der Waals surface area contributed by atoms with Gasteiger partial charge in [0, 0.05) is 15.0 Å². The molecular weight excluding hydrogens is 424 g/mol. The Bertz CT molecular complexity index is 645. The summed E-state index contributed by atoms with van der Waals surface area (Å²) in [6.07, 6.45) is 0. The van der Waals surface area contributed by atoms with E-state index in [1.807, 2.05) is 20.8 Å². The number of amides is 1. The molecule has 8 heteroatoms. The molecule has 0 aromatic heterocycles. The number of rotatable bonds is 5. The van der Waals surface area contributed by atoms with Crippen LogP contribution in [0.25, 0.3) is 0 Å². The first kappa shape index (κ1) is 18.6. The maximum Gasteiger partial charge on any atom is 0.242 e. The molecule has 0 bridgehead atoms. The lowest BCUT2D eigenvalue weighted by Gasteiger charge is -2.17. The number of hydrogen-bond donors (Lipinski definition) is 2. The molecule has 1 aromatic rings. The molecule has 1 rings (SSSR count). The van der Waals surface area contributed by atoms with E-state index >= 15 is 0 Å². The quantitative estimate of drug-likeness (QED) is 0.737. The number of aryl methyl sites for hydroxylation is 1. The third-order valence-electron chi connectivity index (χ3n) is 2.66. The van der Waals surface area contributed by atoms with E-state index in [9.17, 15) is 13.2 Å². The number of hydrogen-bond acceptors (Lipinski definition) is 3. The molecule has 1 aromatic carbocycles. The topological polar surface area (TPSA) is 75.3 Å². The van der Waals surface area contributed by atoms with Crippen molar-refractivity contribution < 1.29 is 13.2 Å². The predicted molar refractivity (Wildman–Crippen MR) is 89.6 cm³/mol. The SMILES string of the molecule is Cc1cc(Br)c(S(=O)(=O)NC(C)C(=O)NC(C)C)cc1Br. The van der Waals surface area contributed by atoms with Gasteiger partial charge in [-0.05, 0) is 61.3 Å². The fourth-order valence-electron chi connectivity index (χ4n) is 1.59. The van der Waals surface area contributed by atoms with Gasteiger partial charge in [0.25, 0.3) is 0 Å². The minimum atomic E-state index is -3.80. The Kier molecular flexibility index (Phi) is 6.39. The molecule has 2 N–H and O–H groups in total. The Morgan fingerprint density at radius 1 is 1.14 bits per heavy atom. The second kappa shape index (κ2) is 7.21. The summed E-state index contributed by atoms with van der Waals surface area (Å²) in [7, 11) is -3.80. The van der Waals surface area contributed by atoms with Crippen LogP contribution < -0.4 is 10.0 Å². The molecule has 0 radical (unpaired) electrons. The minimum Gasteiger partial charge on any atom is -0.353 e.